The number of fused-ring (bicyclic) bond motifs is 1. The van der Waals surface area contributed by atoms with Crippen molar-refractivity contribution in [3.8, 4) is 11.5 Å². The van der Waals surface area contributed by atoms with Crippen molar-refractivity contribution >= 4 is 12.4 Å². The van der Waals surface area contributed by atoms with Crippen molar-refractivity contribution in [1.82, 2.24) is 5.32 Å². The van der Waals surface area contributed by atoms with Gasteiger partial charge >= 0.3 is 0 Å². The van der Waals surface area contributed by atoms with E-state index in [0.717, 1.165) is 5.56 Å². The van der Waals surface area contributed by atoms with Crippen molar-refractivity contribution in [2.45, 2.75) is 26.2 Å². The molecule has 0 bridgehead atoms. The van der Waals surface area contributed by atoms with Gasteiger partial charge < -0.3 is 14.8 Å². The molecule has 2 rings (SSSR count). The molecule has 3 nitrogen and oxygen atoms in total. The van der Waals surface area contributed by atoms with Crippen LogP contribution in [0.25, 0.3) is 0 Å². The number of ether oxygens (including phenoxy) is 2. The molecular weight excluding hydrogens is 226 g/mol. The lowest BCUT2D eigenvalue weighted by atomic mass is 10.1. The van der Waals surface area contributed by atoms with Gasteiger partial charge in [0.2, 0.25) is 6.75 Å². The zero-order valence-corrected chi connectivity index (χ0v) is 9.56. The van der Waals surface area contributed by atoms with Crippen molar-refractivity contribution in [3.05, 3.63) is 23.8 Å². The summed E-state index contributed by atoms with van der Waals surface area (Å²) in [6.45, 7) is -5.76. The van der Waals surface area contributed by atoms with E-state index in [9.17, 15) is 0 Å². The van der Waals surface area contributed by atoms with E-state index >= 15 is 0 Å². The van der Waals surface area contributed by atoms with E-state index in [0.29, 0.717) is 12.2 Å². The van der Waals surface area contributed by atoms with Gasteiger partial charge in [0.05, 0.1) is 0 Å². The van der Waals surface area contributed by atoms with Gasteiger partial charge in [-0.2, -0.15) is 0 Å². The molecule has 1 aromatic carbocycles. The fourth-order valence-electron chi connectivity index (χ4n) is 1.48. The molecule has 0 aliphatic carbocycles. The van der Waals surface area contributed by atoms with Crippen LogP contribution in [-0.4, -0.2) is 19.3 Å². The summed E-state index contributed by atoms with van der Waals surface area (Å²) in [5, 5.41) is 2.45. The van der Waals surface area contributed by atoms with Gasteiger partial charge in [0.25, 0.3) is 0 Å². The maximum absolute atomic E-state index is 7.55. The SMILES string of the molecule is Cl.[2H]C1([2H])Oc2ccc(CC(C)NC([2H])([2H])C([2H])([2H])[2H])cc2O1. The summed E-state index contributed by atoms with van der Waals surface area (Å²) in [5.41, 5.74) is 0.751. The van der Waals surface area contributed by atoms with Gasteiger partial charge in [-0.15, -0.1) is 12.4 Å². The second-order valence-corrected chi connectivity index (χ2v) is 3.44. The van der Waals surface area contributed by atoms with Crippen LogP contribution in [-0.2, 0) is 6.42 Å². The van der Waals surface area contributed by atoms with Crippen molar-refractivity contribution in [2.24, 2.45) is 0 Å². The predicted molar refractivity (Wildman–Crippen MR) is 66.7 cm³/mol. The molecule has 1 heterocycles. The number of rotatable bonds is 4. The molecule has 1 unspecified atom stereocenters. The fraction of sp³-hybridized carbons (Fsp3) is 0.500. The molecule has 0 radical (unpaired) electrons. The third-order valence-electron chi connectivity index (χ3n) is 2.17. The van der Waals surface area contributed by atoms with E-state index in [1.807, 2.05) is 0 Å². The molecule has 0 spiro atoms. The van der Waals surface area contributed by atoms with E-state index < -0.39 is 26.1 Å². The molecule has 16 heavy (non-hydrogen) atoms. The van der Waals surface area contributed by atoms with E-state index in [4.69, 9.17) is 19.1 Å². The van der Waals surface area contributed by atoms with Crippen LogP contribution >= 0.6 is 12.4 Å². The van der Waals surface area contributed by atoms with Gasteiger partial charge in [-0.1, -0.05) is 12.9 Å². The van der Waals surface area contributed by atoms with Crippen LogP contribution in [0.1, 0.15) is 28.9 Å². The van der Waals surface area contributed by atoms with Crippen molar-refractivity contribution in [2.75, 3.05) is 13.2 Å². The highest BCUT2D eigenvalue weighted by Gasteiger charge is 2.13. The van der Waals surface area contributed by atoms with Crippen LogP contribution in [0.3, 0.4) is 0 Å². The van der Waals surface area contributed by atoms with E-state index in [1.54, 1.807) is 25.1 Å². The largest absolute Gasteiger partial charge is 0.454 e. The summed E-state index contributed by atoms with van der Waals surface area (Å²) < 4.78 is 61.3. The average molecular weight is 251 g/mol. The molecule has 0 aromatic heterocycles. The fourth-order valence-corrected chi connectivity index (χ4v) is 1.48. The highest BCUT2D eigenvalue weighted by atomic mass is 35.5. The van der Waals surface area contributed by atoms with Crippen LogP contribution in [0, 0.1) is 0 Å². The number of hydrogen-bond donors (Lipinski definition) is 1. The Kier molecular flexibility index (Phi) is 2.28. The molecular formula is C12H18ClNO2. The molecule has 1 atom stereocenters. The van der Waals surface area contributed by atoms with Crippen LogP contribution in [0.4, 0.5) is 0 Å². The topological polar surface area (TPSA) is 30.5 Å². The first-order valence-corrected chi connectivity index (χ1v) is 4.68. The number of hydrogen-bond acceptors (Lipinski definition) is 3. The molecule has 4 heteroatoms. The lowest BCUT2D eigenvalue weighted by molar-refractivity contribution is 0.174. The van der Waals surface area contributed by atoms with Crippen molar-refractivity contribution in [3.63, 3.8) is 0 Å². The van der Waals surface area contributed by atoms with E-state index in [1.165, 1.54) is 0 Å². The standard InChI is InChI=1S/C12H17NO2.ClH/c1-3-13-9(2)6-10-4-5-11-12(7-10)15-8-14-11;/h4-5,7,9,13H,3,6,8H2,1-2H3;1H/i1D3,3D2,8D2;. The molecule has 0 fully saturated rings. The second-order valence-electron chi connectivity index (χ2n) is 3.44. The zero-order chi connectivity index (χ0) is 16.8. The van der Waals surface area contributed by atoms with E-state index in [-0.39, 0.29) is 18.2 Å². The van der Waals surface area contributed by atoms with Crippen LogP contribution in [0.5, 0.6) is 11.5 Å². The minimum Gasteiger partial charge on any atom is -0.454 e. The van der Waals surface area contributed by atoms with Gasteiger partial charge in [-0.3, -0.25) is 0 Å². The Morgan fingerprint density at radius 3 is 3.19 bits per heavy atom. The van der Waals surface area contributed by atoms with Gasteiger partial charge in [0, 0.05) is 12.9 Å². The van der Waals surface area contributed by atoms with Crippen LogP contribution < -0.4 is 14.8 Å². The highest BCUT2D eigenvalue weighted by molar-refractivity contribution is 5.85. The maximum Gasteiger partial charge on any atom is 0.231 e. The highest BCUT2D eigenvalue weighted by Crippen LogP contribution is 2.32. The third-order valence-corrected chi connectivity index (χ3v) is 2.17. The van der Waals surface area contributed by atoms with Crippen LogP contribution in [0.15, 0.2) is 18.2 Å². The van der Waals surface area contributed by atoms with Gasteiger partial charge in [-0.25, -0.2) is 0 Å². The number of nitrogens with one attached hydrogen (secondary N) is 1. The Morgan fingerprint density at radius 1 is 1.56 bits per heavy atom. The monoisotopic (exact) mass is 250 g/mol. The Labute approximate surface area is 112 Å². The zero-order valence-electron chi connectivity index (χ0n) is 15.7. The Bertz CT molecular complexity index is 565. The van der Waals surface area contributed by atoms with Crippen molar-refractivity contribution < 1.29 is 19.1 Å². The molecule has 1 N–H and O–H groups in total. The maximum atomic E-state index is 7.55. The molecule has 1 aliphatic rings. The number of benzene rings is 1. The smallest absolute Gasteiger partial charge is 0.231 e. The minimum absolute atomic E-state index is 0. The Hall–Kier alpha value is -0.930. The lowest BCUT2D eigenvalue weighted by Crippen LogP contribution is -2.27. The Morgan fingerprint density at radius 2 is 2.38 bits per heavy atom. The average Bonchev–Trinajstić information content (AvgIpc) is 2.59. The van der Waals surface area contributed by atoms with Crippen molar-refractivity contribution in [1.29, 1.82) is 0 Å². The third kappa shape index (κ3) is 3.03. The quantitative estimate of drug-likeness (QED) is 0.890. The minimum atomic E-state index is -2.76. The summed E-state index contributed by atoms with van der Waals surface area (Å²) >= 11 is 0. The first-order valence-electron chi connectivity index (χ1n) is 8.18. The summed E-state index contributed by atoms with van der Waals surface area (Å²) in [6.07, 6.45) is 0.356. The molecule has 0 amide bonds. The number of likely N-dealkylation sites (N-methyl/N-ethyl adjacent to an activating group) is 1. The van der Waals surface area contributed by atoms with Crippen LogP contribution in [0.2, 0.25) is 0 Å². The summed E-state index contributed by atoms with van der Waals surface area (Å²) in [6, 6.07) is 4.43. The molecule has 0 saturated carbocycles. The van der Waals surface area contributed by atoms with Gasteiger partial charge in [0.1, 0.15) is 2.74 Å². The summed E-state index contributed by atoms with van der Waals surface area (Å²) in [7, 11) is 0. The van der Waals surface area contributed by atoms with E-state index in [2.05, 4.69) is 5.32 Å². The molecule has 90 valence electrons. The molecule has 1 aromatic rings. The lowest BCUT2D eigenvalue weighted by Gasteiger charge is -2.12. The first-order chi connectivity index (χ1) is 9.90. The second kappa shape index (κ2) is 5.97. The predicted octanol–water partition coefficient (Wildman–Crippen LogP) is 2.38. The van der Waals surface area contributed by atoms with Gasteiger partial charge in [-0.05, 0) is 37.5 Å². The first kappa shape index (κ1) is 6.12. The summed E-state index contributed by atoms with van der Waals surface area (Å²) in [4.78, 5) is 0. The number of halogens is 1. The molecule has 1 aliphatic heterocycles. The normalized spacial score (nSPS) is 25.7. The summed E-state index contributed by atoms with van der Waals surface area (Å²) in [5.74, 6) is 0.570. The molecule has 0 saturated heterocycles. The Balaban J connectivity index is 0.00000264. The van der Waals surface area contributed by atoms with Gasteiger partial charge in [0.15, 0.2) is 11.5 Å².